The van der Waals surface area contributed by atoms with Crippen molar-refractivity contribution in [1.29, 1.82) is 0 Å². The molecule has 0 atom stereocenters. The molecule has 94 valence electrons. The first-order valence-electron chi connectivity index (χ1n) is 5.48. The maximum atomic E-state index is 12.8. The number of benzene rings is 1. The molecule has 1 rings (SSSR count). The summed E-state index contributed by atoms with van der Waals surface area (Å²) in [4.78, 5) is 11.9. The van der Waals surface area contributed by atoms with Crippen molar-refractivity contribution in [3.63, 3.8) is 0 Å². The molecule has 1 amide bonds. The van der Waals surface area contributed by atoms with Gasteiger partial charge in [-0.15, -0.1) is 0 Å². The van der Waals surface area contributed by atoms with Gasteiger partial charge in [-0.05, 0) is 31.0 Å². The molecule has 5 heteroatoms. The van der Waals surface area contributed by atoms with E-state index in [0.717, 1.165) is 6.07 Å². The average molecular weight is 259 g/mol. The van der Waals surface area contributed by atoms with Crippen molar-refractivity contribution in [2.75, 3.05) is 5.32 Å². The normalized spacial score (nSPS) is 11.4. The first-order chi connectivity index (χ1) is 7.92. The Bertz CT molecular complexity index is 419. The van der Waals surface area contributed by atoms with E-state index in [1.165, 1.54) is 12.1 Å². The van der Waals surface area contributed by atoms with Crippen LogP contribution in [0.3, 0.4) is 0 Å². The molecule has 3 nitrogen and oxygen atoms in total. The number of carbonyl (C=O) groups excluding carboxylic acids is 1. The highest BCUT2D eigenvalue weighted by Crippen LogP contribution is 2.24. The molecule has 17 heavy (non-hydrogen) atoms. The highest BCUT2D eigenvalue weighted by molar-refractivity contribution is 6.33. The van der Waals surface area contributed by atoms with E-state index >= 15 is 0 Å². The summed E-state index contributed by atoms with van der Waals surface area (Å²) in [6.07, 6.45) is 1.04. The van der Waals surface area contributed by atoms with Crippen LogP contribution in [0, 0.1) is 5.82 Å². The Morgan fingerprint density at radius 2 is 2.06 bits per heavy atom. The van der Waals surface area contributed by atoms with E-state index in [1.54, 1.807) is 0 Å². The third kappa shape index (κ3) is 3.17. The van der Waals surface area contributed by atoms with Crippen molar-refractivity contribution < 1.29 is 9.18 Å². The van der Waals surface area contributed by atoms with E-state index in [2.05, 4.69) is 5.32 Å². The summed E-state index contributed by atoms with van der Waals surface area (Å²) in [5.74, 6) is -0.756. The van der Waals surface area contributed by atoms with Crippen LogP contribution in [-0.2, 0) is 4.79 Å². The molecule has 0 saturated carbocycles. The lowest BCUT2D eigenvalue weighted by Crippen LogP contribution is -2.50. The number of hydrogen-bond donors (Lipinski definition) is 2. The van der Waals surface area contributed by atoms with Crippen LogP contribution in [0.15, 0.2) is 18.2 Å². The number of halogens is 2. The van der Waals surface area contributed by atoms with E-state index < -0.39 is 11.4 Å². The van der Waals surface area contributed by atoms with E-state index in [4.69, 9.17) is 17.3 Å². The van der Waals surface area contributed by atoms with Gasteiger partial charge in [0.15, 0.2) is 0 Å². The Kier molecular flexibility index (Phi) is 4.48. The lowest BCUT2D eigenvalue weighted by Gasteiger charge is -2.25. The fraction of sp³-hybridized carbons (Fsp3) is 0.417. The van der Waals surface area contributed by atoms with Crippen LogP contribution in [0.2, 0.25) is 5.02 Å². The zero-order valence-electron chi connectivity index (χ0n) is 9.89. The lowest BCUT2D eigenvalue weighted by atomic mass is 9.93. The minimum absolute atomic E-state index is 0.160. The molecule has 1 aromatic rings. The largest absolute Gasteiger partial charge is 0.323 e. The molecular formula is C12H16ClFN2O. The summed E-state index contributed by atoms with van der Waals surface area (Å²) in [6.45, 7) is 3.69. The summed E-state index contributed by atoms with van der Waals surface area (Å²) in [7, 11) is 0. The summed E-state index contributed by atoms with van der Waals surface area (Å²) >= 11 is 5.81. The molecule has 0 radical (unpaired) electrons. The Morgan fingerprint density at radius 1 is 1.47 bits per heavy atom. The lowest BCUT2D eigenvalue weighted by molar-refractivity contribution is -0.121. The van der Waals surface area contributed by atoms with E-state index in [0.29, 0.717) is 18.5 Å². The van der Waals surface area contributed by atoms with Crippen LogP contribution < -0.4 is 11.1 Å². The molecule has 0 heterocycles. The van der Waals surface area contributed by atoms with Crippen molar-refractivity contribution in [1.82, 2.24) is 0 Å². The second-order valence-corrected chi connectivity index (χ2v) is 4.35. The molecule has 0 aliphatic carbocycles. The zero-order chi connectivity index (χ0) is 13.1. The van der Waals surface area contributed by atoms with Gasteiger partial charge in [-0.3, -0.25) is 4.79 Å². The van der Waals surface area contributed by atoms with Crippen molar-refractivity contribution >= 4 is 23.2 Å². The predicted molar refractivity (Wildman–Crippen MR) is 67.5 cm³/mol. The molecular weight excluding hydrogens is 243 g/mol. The molecule has 0 aliphatic rings. The molecule has 3 N–H and O–H groups in total. The average Bonchev–Trinajstić information content (AvgIpc) is 2.31. The Hall–Kier alpha value is -1.13. The third-order valence-corrected chi connectivity index (χ3v) is 3.21. The molecule has 0 aliphatic heterocycles. The van der Waals surface area contributed by atoms with Gasteiger partial charge in [0.05, 0.1) is 16.2 Å². The van der Waals surface area contributed by atoms with Gasteiger partial charge in [-0.2, -0.15) is 0 Å². The van der Waals surface area contributed by atoms with Gasteiger partial charge in [0.1, 0.15) is 5.82 Å². The topological polar surface area (TPSA) is 55.1 Å². The molecule has 0 unspecified atom stereocenters. The highest BCUT2D eigenvalue weighted by Gasteiger charge is 2.30. The van der Waals surface area contributed by atoms with Gasteiger partial charge in [-0.25, -0.2) is 4.39 Å². The number of carbonyl (C=O) groups is 1. The van der Waals surface area contributed by atoms with Crippen molar-refractivity contribution in [2.24, 2.45) is 5.73 Å². The van der Waals surface area contributed by atoms with Crippen LogP contribution in [0.25, 0.3) is 0 Å². The molecule has 0 saturated heterocycles. The van der Waals surface area contributed by atoms with Crippen LogP contribution in [0.5, 0.6) is 0 Å². The second kappa shape index (κ2) is 5.47. The predicted octanol–water partition coefficient (Wildman–Crippen LogP) is 2.94. The van der Waals surface area contributed by atoms with E-state index in [1.807, 2.05) is 13.8 Å². The van der Waals surface area contributed by atoms with Gasteiger partial charge >= 0.3 is 0 Å². The second-order valence-electron chi connectivity index (χ2n) is 3.94. The fourth-order valence-electron chi connectivity index (χ4n) is 1.41. The summed E-state index contributed by atoms with van der Waals surface area (Å²) in [5.41, 5.74) is 5.39. The highest BCUT2D eigenvalue weighted by atomic mass is 35.5. The first-order valence-corrected chi connectivity index (χ1v) is 5.86. The van der Waals surface area contributed by atoms with Gasteiger partial charge < -0.3 is 11.1 Å². The molecule has 1 aromatic carbocycles. The van der Waals surface area contributed by atoms with E-state index in [-0.39, 0.29) is 10.9 Å². The van der Waals surface area contributed by atoms with Crippen molar-refractivity contribution in [3.8, 4) is 0 Å². The Morgan fingerprint density at radius 3 is 2.53 bits per heavy atom. The number of anilines is 1. The monoisotopic (exact) mass is 258 g/mol. The SMILES string of the molecule is CCC(N)(CC)C(=O)Nc1ccc(F)cc1Cl. The summed E-state index contributed by atoms with van der Waals surface area (Å²) in [6, 6.07) is 3.80. The van der Waals surface area contributed by atoms with Gasteiger partial charge in [0.25, 0.3) is 0 Å². The number of rotatable bonds is 4. The number of nitrogens with two attached hydrogens (primary N) is 1. The van der Waals surface area contributed by atoms with Crippen LogP contribution in [0.1, 0.15) is 26.7 Å². The summed E-state index contributed by atoms with van der Waals surface area (Å²) in [5, 5.41) is 2.78. The number of nitrogens with one attached hydrogen (secondary N) is 1. The number of amides is 1. The Balaban J connectivity index is 2.88. The minimum atomic E-state index is -0.919. The smallest absolute Gasteiger partial charge is 0.244 e. The minimum Gasteiger partial charge on any atom is -0.323 e. The molecule has 0 fully saturated rings. The quantitative estimate of drug-likeness (QED) is 0.872. The van der Waals surface area contributed by atoms with Gasteiger partial charge in [-0.1, -0.05) is 25.4 Å². The van der Waals surface area contributed by atoms with Crippen molar-refractivity contribution in [3.05, 3.63) is 29.0 Å². The fourth-order valence-corrected chi connectivity index (χ4v) is 1.62. The molecule has 0 spiro atoms. The van der Waals surface area contributed by atoms with Gasteiger partial charge in [0, 0.05) is 0 Å². The zero-order valence-corrected chi connectivity index (χ0v) is 10.6. The van der Waals surface area contributed by atoms with Crippen LogP contribution in [-0.4, -0.2) is 11.4 Å². The number of hydrogen-bond acceptors (Lipinski definition) is 2. The molecule has 0 aromatic heterocycles. The van der Waals surface area contributed by atoms with Gasteiger partial charge in [0.2, 0.25) is 5.91 Å². The van der Waals surface area contributed by atoms with Crippen molar-refractivity contribution in [2.45, 2.75) is 32.2 Å². The molecule has 0 bridgehead atoms. The maximum absolute atomic E-state index is 12.8. The third-order valence-electron chi connectivity index (χ3n) is 2.89. The first kappa shape index (κ1) is 13.9. The summed E-state index contributed by atoms with van der Waals surface area (Å²) < 4.78 is 12.8. The van der Waals surface area contributed by atoms with E-state index in [9.17, 15) is 9.18 Å². The van der Waals surface area contributed by atoms with Crippen LogP contribution in [0.4, 0.5) is 10.1 Å². The maximum Gasteiger partial charge on any atom is 0.244 e. The Labute approximate surface area is 105 Å². The standard InChI is InChI=1S/C12H16ClFN2O/c1-3-12(15,4-2)11(17)16-10-6-5-8(14)7-9(10)13/h5-7H,3-4,15H2,1-2H3,(H,16,17). The van der Waals surface area contributed by atoms with Crippen LogP contribution >= 0.6 is 11.6 Å².